The number of hydrogen-bond donors (Lipinski definition) is 0. The highest BCUT2D eigenvalue weighted by Crippen LogP contribution is 2.26. The number of nitrogens with zero attached hydrogens (tertiary/aromatic N) is 6. The van der Waals surface area contributed by atoms with Crippen LogP contribution in [0.3, 0.4) is 0 Å². The van der Waals surface area contributed by atoms with Gasteiger partial charge < -0.3 is 4.52 Å². The van der Waals surface area contributed by atoms with E-state index in [1.54, 1.807) is 11.5 Å². The van der Waals surface area contributed by atoms with Crippen LogP contribution in [-0.4, -0.2) is 29.3 Å². The summed E-state index contributed by atoms with van der Waals surface area (Å²) in [5.41, 5.74) is 3.56. The molecule has 9 heteroatoms. The van der Waals surface area contributed by atoms with Crippen molar-refractivity contribution in [1.29, 1.82) is 0 Å². The fourth-order valence-electron chi connectivity index (χ4n) is 3.49. The van der Waals surface area contributed by atoms with Crippen molar-refractivity contribution < 1.29 is 4.52 Å². The summed E-state index contributed by atoms with van der Waals surface area (Å²) in [6.45, 7) is 5.81. The molecule has 30 heavy (non-hydrogen) atoms. The molecule has 0 unspecified atom stereocenters. The van der Waals surface area contributed by atoms with Gasteiger partial charge in [-0.1, -0.05) is 41.2 Å². The van der Waals surface area contributed by atoms with Crippen molar-refractivity contribution in [1.82, 2.24) is 29.3 Å². The number of fused-ring (bicyclic) bond motifs is 3. The molecule has 3 heterocycles. The lowest BCUT2D eigenvalue weighted by molar-refractivity contribution is 0.387. The van der Waals surface area contributed by atoms with Crippen LogP contribution < -0.4 is 5.56 Å². The molecule has 0 fully saturated rings. The predicted octanol–water partition coefficient (Wildman–Crippen LogP) is 3.63. The zero-order valence-electron chi connectivity index (χ0n) is 16.7. The molecule has 0 N–H and O–H groups in total. The number of thioether (sulfide) groups is 1. The van der Waals surface area contributed by atoms with Gasteiger partial charge >= 0.3 is 0 Å². The summed E-state index contributed by atoms with van der Waals surface area (Å²) in [5.74, 6) is 2.03. The van der Waals surface area contributed by atoms with Crippen LogP contribution >= 0.6 is 11.8 Å². The Morgan fingerprint density at radius 1 is 1.03 bits per heavy atom. The molecule has 3 aromatic heterocycles. The molecule has 0 amide bonds. The first kappa shape index (κ1) is 18.6. The van der Waals surface area contributed by atoms with Crippen LogP contribution in [0.25, 0.3) is 22.4 Å². The second-order valence-electron chi connectivity index (χ2n) is 7.02. The number of aromatic nitrogens is 6. The quantitative estimate of drug-likeness (QED) is 0.412. The van der Waals surface area contributed by atoms with Gasteiger partial charge in [-0.25, -0.2) is 4.57 Å². The fraction of sp³-hybridized carbons (Fsp3) is 0.190. The molecular weight excluding hydrogens is 400 g/mol. The summed E-state index contributed by atoms with van der Waals surface area (Å²) in [6, 6.07) is 13.4. The molecule has 0 saturated heterocycles. The molecule has 0 radical (unpaired) electrons. The van der Waals surface area contributed by atoms with Gasteiger partial charge in [0.1, 0.15) is 0 Å². The molecule has 0 spiro atoms. The largest absolute Gasteiger partial charge is 0.338 e. The first-order valence-electron chi connectivity index (χ1n) is 9.42. The lowest BCUT2D eigenvalue weighted by atomic mass is 10.1. The third kappa shape index (κ3) is 2.89. The van der Waals surface area contributed by atoms with Crippen molar-refractivity contribution in [2.45, 2.75) is 31.7 Å². The van der Waals surface area contributed by atoms with Crippen LogP contribution in [0, 0.1) is 20.8 Å². The highest BCUT2D eigenvalue weighted by molar-refractivity contribution is 7.98. The minimum atomic E-state index is -0.122. The summed E-state index contributed by atoms with van der Waals surface area (Å²) < 4.78 is 8.76. The van der Waals surface area contributed by atoms with Crippen molar-refractivity contribution in [3.8, 4) is 5.69 Å². The van der Waals surface area contributed by atoms with Crippen molar-refractivity contribution in [3.05, 3.63) is 75.7 Å². The Morgan fingerprint density at radius 3 is 2.67 bits per heavy atom. The molecule has 0 saturated carbocycles. The van der Waals surface area contributed by atoms with Gasteiger partial charge in [-0.05, 0) is 50.1 Å². The summed E-state index contributed by atoms with van der Waals surface area (Å²) in [5, 5.41) is 13.8. The minimum Gasteiger partial charge on any atom is -0.338 e. The summed E-state index contributed by atoms with van der Waals surface area (Å²) in [7, 11) is 0. The molecule has 0 bridgehead atoms. The molecule has 5 rings (SSSR count). The molecule has 150 valence electrons. The Bertz CT molecular complexity index is 1470. The van der Waals surface area contributed by atoms with Crippen molar-refractivity contribution in [2.75, 3.05) is 0 Å². The van der Waals surface area contributed by atoms with E-state index in [2.05, 4.69) is 20.3 Å². The van der Waals surface area contributed by atoms with Crippen LogP contribution in [0.1, 0.15) is 22.8 Å². The standard InChI is InChI=1S/C21H18N6O2S/c1-12-7-6-10-16(13(12)2)26-19(28)15-8-4-5-9-17(15)27-20(26)23-24-21(27)30-11-18-22-14(3)25-29-18/h4-10H,11H2,1-3H3. The van der Waals surface area contributed by atoms with Gasteiger partial charge in [-0.15, -0.1) is 10.2 Å². The Labute approximate surface area is 175 Å². The van der Waals surface area contributed by atoms with Crippen LogP contribution in [-0.2, 0) is 5.75 Å². The molecule has 0 aliphatic rings. The second kappa shape index (κ2) is 7.10. The SMILES string of the molecule is Cc1noc(CSc2nnc3n(-c4cccc(C)c4C)c(=O)c4ccccc4n23)n1. The number of hydrogen-bond acceptors (Lipinski definition) is 7. The summed E-state index contributed by atoms with van der Waals surface area (Å²) >= 11 is 1.43. The number of rotatable bonds is 4. The lowest BCUT2D eigenvalue weighted by Gasteiger charge is -2.14. The third-order valence-corrected chi connectivity index (χ3v) is 6.02. The lowest BCUT2D eigenvalue weighted by Crippen LogP contribution is -2.22. The normalized spacial score (nSPS) is 11.6. The Balaban J connectivity index is 1.77. The first-order chi connectivity index (χ1) is 14.5. The van der Waals surface area contributed by atoms with Crippen LogP contribution in [0.4, 0.5) is 0 Å². The Hall–Kier alpha value is -3.46. The van der Waals surface area contributed by atoms with Gasteiger partial charge in [0.2, 0.25) is 11.7 Å². The molecule has 2 aromatic carbocycles. The average molecular weight is 418 g/mol. The zero-order valence-corrected chi connectivity index (χ0v) is 17.5. The van der Waals surface area contributed by atoms with Crippen molar-refractivity contribution in [3.63, 3.8) is 0 Å². The smallest absolute Gasteiger partial charge is 0.267 e. The van der Waals surface area contributed by atoms with Gasteiger partial charge in [-0.2, -0.15) is 4.98 Å². The highest BCUT2D eigenvalue weighted by atomic mass is 32.2. The molecular formula is C21H18N6O2S. The third-order valence-electron chi connectivity index (χ3n) is 5.11. The van der Waals surface area contributed by atoms with E-state index in [1.165, 1.54) is 11.8 Å². The first-order valence-corrected chi connectivity index (χ1v) is 10.4. The van der Waals surface area contributed by atoms with Crippen LogP contribution in [0.5, 0.6) is 0 Å². The highest BCUT2D eigenvalue weighted by Gasteiger charge is 2.19. The minimum absolute atomic E-state index is 0.122. The van der Waals surface area contributed by atoms with E-state index in [9.17, 15) is 4.79 Å². The van der Waals surface area contributed by atoms with Gasteiger partial charge in [0, 0.05) is 0 Å². The van der Waals surface area contributed by atoms with E-state index in [0.29, 0.717) is 33.8 Å². The van der Waals surface area contributed by atoms with Crippen LogP contribution in [0.15, 0.2) is 56.9 Å². The van der Waals surface area contributed by atoms with E-state index in [1.807, 2.05) is 60.7 Å². The van der Waals surface area contributed by atoms with E-state index in [-0.39, 0.29) is 5.56 Å². The molecule has 0 aliphatic carbocycles. The average Bonchev–Trinajstić information content (AvgIpc) is 3.36. The Morgan fingerprint density at radius 2 is 1.87 bits per heavy atom. The zero-order chi connectivity index (χ0) is 20.8. The maximum absolute atomic E-state index is 13.4. The van der Waals surface area contributed by atoms with E-state index < -0.39 is 0 Å². The van der Waals surface area contributed by atoms with E-state index in [0.717, 1.165) is 22.3 Å². The van der Waals surface area contributed by atoms with E-state index in [4.69, 9.17) is 4.52 Å². The van der Waals surface area contributed by atoms with Gasteiger partial charge in [0.25, 0.3) is 5.56 Å². The topological polar surface area (TPSA) is 91.1 Å². The van der Waals surface area contributed by atoms with E-state index >= 15 is 0 Å². The number of benzene rings is 2. The summed E-state index contributed by atoms with van der Waals surface area (Å²) in [4.78, 5) is 17.7. The van der Waals surface area contributed by atoms with Crippen LogP contribution in [0.2, 0.25) is 0 Å². The molecule has 8 nitrogen and oxygen atoms in total. The van der Waals surface area contributed by atoms with Crippen molar-refractivity contribution in [2.24, 2.45) is 0 Å². The Kier molecular flexibility index (Phi) is 4.39. The fourth-order valence-corrected chi connectivity index (χ4v) is 4.27. The molecule has 5 aromatic rings. The van der Waals surface area contributed by atoms with Gasteiger partial charge in [-0.3, -0.25) is 9.20 Å². The maximum atomic E-state index is 13.4. The number of para-hydroxylation sites is 1. The molecule has 0 aliphatic heterocycles. The van der Waals surface area contributed by atoms with Gasteiger partial charge in [0.15, 0.2) is 11.0 Å². The summed E-state index contributed by atoms with van der Waals surface area (Å²) in [6.07, 6.45) is 0. The maximum Gasteiger partial charge on any atom is 0.267 e. The van der Waals surface area contributed by atoms with Gasteiger partial charge in [0.05, 0.1) is 22.3 Å². The number of aryl methyl sites for hydroxylation is 2. The second-order valence-corrected chi connectivity index (χ2v) is 7.96. The monoisotopic (exact) mass is 418 g/mol. The molecule has 0 atom stereocenters. The van der Waals surface area contributed by atoms with Crippen molar-refractivity contribution >= 4 is 28.4 Å². The predicted molar refractivity (Wildman–Crippen MR) is 114 cm³/mol.